The van der Waals surface area contributed by atoms with Crippen LogP contribution in [0.2, 0.25) is 0 Å². The second-order valence-corrected chi connectivity index (χ2v) is 6.82. The van der Waals surface area contributed by atoms with Gasteiger partial charge in [0, 0.05) is 6.54 Å². The summed E-state index contributed by atoms with van der Waals surface area (Å²) in [6.45, 7) is 8.95. The summed E-state index contributed by atoms with van der Waals surface area (Å²) in [4.78, 5) is 25.5. The Morgan fingerprint density at radius 1 is 1.40 bits per heavy atom. The average molecular weight is 283 g/mol. The number of carbonyl (C=O) groups is 2. The van der Waals surface area contributed by atoms with E-state index in [4.69, 9.17) is 9.47 Å². The molecule has 114 valence electrons. The van der Waals surface area contributed by atoms with Crippen LogP contribution < -0.4 is 0 Å². The lowest BCUT2D eigenvalue weighted by Crippen LogP contribution is -2.50. The van der Waals surface area contributed by atoms with Gasteiger partial charge in [0.15, 0.2) is 0 Å². The fraction of sp³-hybridized carbons (Fsp3) is 0.867. The van der Waals surface area contributed by atoms with Crippen molar-refractivity contribution in [3.63, 3.8) is 0 Å². The first-order chi connectivity index (χ1) is 9.26. The van der Waals surface area contributed by atoms with E-state index in [1.54, 1.807) is 11.8 Å². The maximum atomic E-state index is 12.4. The highest BCUT2D eigenvalue weighted by Gasteiger charge is 2.56. The molecule has 2 rings (SSSR count). The fourth-order valence-corrected chi connectivity index (χ4v) is 3.18. The molecule has 1 amide bonds. The minimum Gasteiger partial charge on any atom is -0.465 e. The van der Waals surface area contributed by atoms with Gasteiger partial charge in [-0.1, -0.05) is 0 Å². The van der Waals surface area contributed by atoms with Gasteiger partial charge in [-0.3, -0.25) is 9.59 Å². The number of amides is 1. The number of hydrogen-bond acceptors (Lipinski definition) is 4. The normalized spacial score (nSPS) is 29.7. The van der Waals surface area contributed by atoms with Crippen molar-refractivity contribution in [2.45, 2.75) is 58.7 Å². The highest BCUT2D eigenvalue weighted by molar-refractivity contribution is 5.89. The molecule has 0 N–H and O–H groups in total. The van der Waals surface area contributed by atoms with Crippen molar-refractivity contribution in [2.24, 2.45) is 5.41 Å². The third-order valence-electron chi connectivity index (χ3n) is 3.98. The molecule has 5 nitrogen and oxygen atoms in total. The van der Waals surface area contributed by atoms with E-state index < -0.39 is 0 Å². The van der Waals surface area contributed by atoms with Crippen molar-refractivity contribution < 1.29 is 19.1 Å². The van der Waals surface area contributed by atoms with Crippen LogP contribution in [0.5, 0.6) is 0 Å². The molecule has 20 heavy (non-hydrogen) atoms. The summed E-state index contributed by atoms with van der Waals surface area (Å²) in [6.07, 6.45) is 2.56. The first-order valence-corrected chi connectivity index (χ1v) is 7.38. The van der Waals surface area contributed by atoms with E-state index in [0.29, 0.717) is 13.2 Å². The van der Waals surface area contributed by atoms with E-state index in [0.717, 1.165) is 19.3 Å². The third kappa shape index (κ3) is 3.14. The van der Waals surface area contributed by atoms with Crippen LogP contribution in [0.1, 0.15) is 47.0 Å². The number of esters is 1. The molecular weight excluding hydrogens is 258 g/mol. The molecule has 1 saturated carbocycles. The summed E-state index contributed by atoms with van der Waals surface area (Å²) in [5, 5.41) is 0. The third-order valence-corrected chi connectivity index (χ3v) is 3.98. The van der Waals surface area contributed by atoms with Gasteiger partial charge in [-0.2, -0.15) is 0 Å². The topological polar surface area (TPSA) is 55.8 Å². The zero-order valence-corrected chi connectivity index (χ0v) is 12.9. The van der Waals surface area contributed by atoms with E-state index in [1.165, 1.54) is 0 Å². The Labute approximate surface area is 120 Å². The molecular formula is C15H25NO4. The van der Waals surface area contributed by atoms with Crippen LogP contribution in [0.4, 0.5) is 0 Å². The first-order valence-electron chi connectivity index (χ1n) is 7.38. The van der Waals surface area contributed by atoms with Crippen LogP contribution in [-0.2, 0) is 19.1 Å². The van der Waals surface area contributed by atoms with Crippen molar-refractivity contribution in [1.29, 1.82) is 0 Å². The molecule has 0 radical (unpaired) electrons. The minimum atomic E-state index is -0.320. The quantitative estimate of drug-likeness (QED) is 0.738. The SMILES string of the molecule is CCOC(=O)CN1CCC2(CC(OC(C)(C)C)C2)C1=O. The zero-order valence-electron chi connectivity index (χ0n) is 12.9. The van der Waals surface area contributed by atoms with E-state index in [-0.39, 0.29) is 35.5 Å². The van der Waals surface area contributed by atoms with Gasteiger partial charge < -0.3 is 14.4 Å². The molecule has 5 heteroatoms. The molecule has 1 aliphatic heterocycles. The molecule has 1 spiro atoms. The Kier molecular flexibility index (Phi) is 4.09. The summed E-state index contributed by atoms with van der Waals surface area (Å²) in [5.74, 6) is -0.223. The number of hydrogen-bond donors (Lipinski definition) is 0. The van der Waals surface area contributed by atoms with Gasteiger partial charge >= 0.3 is 5.97 Å². The molecule has 1 heterocycles. The summed E-state index contributed by atoms with van der Waals surface area (Å²) in [6, 6.07) is 0. The van der Waals surface area contributed by atoms with Crippen molar-refractivity contribution in [3.05, 3.63) is 0 Å². The Balaban J connectivity index is 1.85. The Bertz CT molecular complexity index is 393. The molecule has 1 aliphatic carbocycles. The van der Waals surface area contributed by atoms with Gasteiger partial charge in [0.1, 0.15) is 6.54 Å². The van der Waals surface area contributed by atoms with Crippen LogP contribution in [0.25, 0.3) is 0 Å². The summed E-state index contributed by atoms with van der Waals surface area (Å²) >= 11 is 0. The standard InChI is InChI=1S/C15H25NO4/c1-5-19-12(17)10-16-7-6-15(13(16)18)8-11(9-15)20-14(2,3)4/h11H,5-10H2,1-4H3. The molecule has 1 saturated heterocycles. The molecule has 2 fully saturated rings. The van der Waals surface area contributed by atoms with Crippen LogP contribution in [0.3, 0.4) is 0 Å². The van der Waals surface area contributed by atoms with E-state index in [2.05, 4.69) is 0 Å². The van der Waals surface area contributed by atoms with Gasteiger partial charge in [0.2, 0.25) is 5.91 Å². The van der Waals surface area contributed by atoms with E-state index in [9.17, 15) is 9.59 Å². The lowest BCUT2D eigenvalue weighted by Gasteiger charge is -2.45. The molecule has 0 bridgehead atoms. The molecule has 0 aromatic heterocycles. The largest absolute Gasteiger partial charge is 0.465 e. The molecule has 2 aliphatic rings. The maximum absolute atomic E-state index is 12.4. The van der Waals surface area contributed by atoms with Crippen molar-refractivity contribution >= 4 is 11.9 Å². The predicted molar refractivity (Wildman–Crippen MR) is 74.1 cm³/mol. The minimum absolute atomic E-state index is 0.0826. The monoisotopic (exact) mass is 283 g/mol. The molecule has 0 atom stereocenters. The number of carbonyl (C=O) groups excluding carboxylic acids is 2. The molecule has 0 unspecified atom stereocenters. The van der Waals surface area contributed by atoms with Gasteiger partial charge in [0.05, 0.1) is 23.7 Å². The van der Waals surface area contributed by atoms with Gasteiger partial charge in [-0.15, -0.1) is 0 Å². The van der Waals surface area contributed by atoms with Crippen LogP contribution in [0, 0.1) is 5.41 Å². The van der Waals surface area contributed by atoms with Gasteiger partial charge in [0.25, 0.3) is 0 Å². The molecule has 0 aromatic rings. The maximum Gasteiger partial charge on any atom is 0.325 e. The smallest absolute Gasteiger partial charge is 0.325 e. The Morgan fingerprint density at radius 2 is 2.05 bits per heavy atom. The summed E-state index contributed by atoms with van der Waals surface area (Å²) in [5.41, 5.74) is -0.443. The number of likely N-dealkylation sites (tertiary alicyclic amines) is 1. The van der Waals surface area contributed by atoms with Crippen molar-refractivity contribution in [2.75, 3.05) is 19.7 Å². The summed E-state index contributed by atoms with van der Waals surface area (Å²) in [7, 11) is 0. The second kappa shape index (κ2) is 5.35. The lowest BCUT2D eigenvalue weighted by molar-refractivity contribution is -0.166. The highest BCUT2D eigenvalue weighted by atomic mass is 16.5. The van der Waals surface area contributed by atoms with Crippen LogP contribution >= 0.6 is 0 Å². The van der Waals surface area contributed by atoms with Gasteiger partial charge in [-0.25, -0.2) is 0 Å². The number of rotatable bonds is 4. The average Bonchev–Trinajstić information content (AvgIpc) is 2.56. The predicted octanol–water partition coefficient (Wildman–Crippen LogP) is 1.75. The fourth-order valence-electron chi connectivity index (χ4n) is 3.18. The summed E-state index contributed by atoms with van der Waals surface area (Å²) < 4.78 is 10.8. The number of nitrogens with zero attached hydrogens (tertiary/aromatic N) is 1. The van der Waals surface area contributed by atoms with E-state index >= 15 is 0 Å². The zero-order chi connectivity index (χ0) is 15.0. The van der Waals surface area contributed by atoms with Crippen LogP contribution in [-0.4, -0.2) is 48.2 Å². The second-order valence-electron chi connectivity index (χ2n) is 6.82. The van der Waals surface area contributed by atoms with Crippen molar-refractivity contribution in [3.8, 4) is 0 Å². The number of ether oxygens (including phenoxy) is 2. The van der Waals surface area contributed by atoms with Crippen molar-refractivity contribution in [1.82, 2.24) is 4.90 Å². The Morgan fingerprint density at radius 3 is 2.60 bits per heavy atom. The van der Waals surface area contributed by atoms with E-state index in [1.807, 2.05) is 20.8 Å². The van der Waals surface area contributed by atoms with Gasteiger partial charge in [-0.05, 0) is 47.0 Å². The lowest BCUT2D eigenvalue weighted by atomic mass is 9.65. The molecule has 0 aromatic carbocycles. The highest BCUT2D eigenvalue weighted by Crippen LogP contribution is 2.51. The Hall–Kier alpha value is -1.10. The first kappa shape index (κ1) is 15.3. The van der Waals surface area contributed by atoms with Crippen LogP contribution in [0.15, 0.2) is 0 Å².